The van der Waals surface area contributed by atoms with Crippen molar-refractivity contribution in [1.29, 1.82) is 0 Å². The zero-order valence-electron chi connectivity index (χ0n) is 14.2. The van der Waals surface area contributed by atoms with E-state index in [1.807, 2.05) is 0 Å². The lowest BCUT2D eigenvalue weighted by Crippen LogP contribution is -2.32. The molecule has 1 N–H and O–H groups in total. The highest BCUT2D eigenvalue weighted by Gasteiger charge is 2.35. The standard InChI is InChI=1S/C19H18ClFN2O3/c1-26-16-6-4-15(5-7-16)23-11-13(8-18(23)24)19(25)22-10-12-2-3-14(21)9-17(12)20/h2-7,9,13H,8,10-11H2,1H3,(H,22,25)/t13-/m0/s1. The van der Waals surface area contributed by atoms with Crippen LogP contribution < -0.4 is 15.0 Å². The number of halogens is 2. The number of nitrogens with zero attached hydrogens (tertiary/aromatic N) is 1. The molecule has 2 aromatic carbocycles. The van der Waals surface area contributed by atoms with Gasteiger partial charge in [-0.15, -0.1) is 0 Å². The third kappa shape index (κ3) is 3.96. The molecule has 0 saturated carbocycles. The maximum Gasteiger partial charge on any atom is 0.227 e. The molecule has 0 unspecified atom stereocenters. The van der Waals surface area contributed by atoms with Crippen LogP contribution in [0.25, 0.3) is 0 Å². The molecule has 3 rings (SSSR count). The quantitative estimate of drug-likeness (QED) is 0.872. The SMILES string of the molecule is COc1ccc(N2C[C@@H](C(=O)NCc3ccc(F)cc3Cl)CC2=O)cc1. The summed E-state index contributed by atoms with van der Waals surface area (Å²) in [6.07, 6.45) is 0.148. The van der Waals surface area contributed by atoms with Crippen molar-refractivity contribution in [3.63, 3.8) is 0 Å². The molecule has 0 aliphatic carbocycles. The van der Waals surface area contributed by atoms with Gasteiger partial charge in [0.1, 0.15) is 11.6 Å². The van der Waals surface area contributed by atoms with Crippen LogP contribution in [0.5, 0.6) is 5.75 Å². The van der Waals surface area contributed by atoms with Gasteiger partial charge in [-0.1, -0.05) is 17.7 Å². The van der Waals surface area contributed by atoms with Crippen LogP contribution >= 0.6 is 11.6 Å². The third-order valence-electron chi connectivity index (χ3n) is 4.35. The summed E-state index contributed by atoms with van der Waals surface area (Å²) in [5.74, 6) is -0.499. The first-order chi connectivity index (χ1) is 12.5. The number of methoxy groups -OCH3 is 1. The number of nitrogens with one attached hydrogen (secondary N) is 1. The molecule has 2 amide bonds. The number of ether oxygens (including phenoxy) is 1. The van der Waals surface area contributed by atoms with Gasteiger partial charge in [-0.25, -0.2) is 4.39 Å². The second-order valence-corrected chi connectivity index (χ2v) is 6.46. The molecule has 5 nitrogen and oxygen atoms in total. The fourth-order valence-corrected chi connectivity index (χ4v) is 3.12. The highest BCUT2D eigenvalue weighted by Crippen LogP contribution is 2.27. The first kappa shape index (κ1) is 18.2. The second kappa shape index (κ2) is 7.74. The van der Waals surface area contributed by atoms with Gasteiger partial charge in [-0.3, -0.25) is 9.59 Å². The first-order valence-corrected chi connectivity index (χ1v) is 8.52. The van der Waals surface area contributed by atoms with E-state index in [1.165, 1.54) is 18.2 Å². The number of anilines is 1. The van der Waals surface area contributed by atoms with Crippen molar-refractivity contribution < 1.29 is 18.7 Å². The molecule has 1 atom stereocenters. The van der Waals surface area contributed by atoms with E-state index in [1.54, 1.807) is 36.3 Å². The number of hydrogen-bond donors (Lipinski definition) is 1. The molecular weight excluding hydrogens is 359 g/mol. The molecule has 1 aliphatic heterocycles. The van der Waals surface area contributed by atoms with Gasteiger partial charge in [-0.2, -0.15) is 0 Å². The van der Waals surface area contributed by atoms with E-state index in [0.29, 0.717) is 17.9 Å². The van der Waals surface area contributed by atoms with E-state index in [9.17, 15) is 14.0 Å². The van der Waals surface area contributed by atoms with Gasteiger partial charge < -0.3 is 15.0 Å². The van der Waals surface area contributed by atoms with Gasteiger partial charge in [0.2, 0.25) is 11.8 Å². The van der Waals surface area contributed by atoms with Crippen molar-refractivity contribution in [2.24, 2.45) is 5.92 Å². The predicted octanol–water partition coefficient (Wildman–Crippen LogP) is 3.16. The Hall–Kier alpha value is -2.60. The third-order valence-corrected chi connectivity index (χ3v) is 4.70. The van der Waals surface area contributed by atoms with Gasteiger partial charge in [0, 0.05) is 30.2 Å². The minimum absolute atomic E-state index is 0.102. The van der Waals surface area contributed by atoms with Gasteiger partial charge >= 0.3 is 0 Å². The van der Waals surface area contributed by atoms with Crippen molar-refractivity contribution in [2.45, 2.75) is 13.0 Å². The average Bonchev–Trinajstić information content (AvgIpc) is 3.02. The molecule has 7 heteroatoms. The fraction of sp³-hybridized carbons (Fsp3) is 0.263. The van der Waals surface area contributed by atoms with E-state index in [4.69, 9.17) is 16.3 Å². The molecule has 2 aromatic rings. The summed E-state index contributed by atoms with van der Waals surface area (Å²) in [4.78, 5) is 26.2. The van der Waals surface area contributed by atoms with Crippen LogP contribution in [-0.4, -0.2) is 25.5 Å². The number of rotatable bonds is 5. The zero-order chi connectivity index (χ0) is 18.7. The molecule has 1 heterocycles. The highest BCUT2D eigenvalue weighted by molar-refractivity contribution is 6.31. The predicted molar refractivity (Wildman–Crippen MR) is 96.7 cm³/mol. The summed E-state index contributed by atoms with van der Waals surface area (Å²) in [5.41, 5.74) is 1.35. The van der Waals surface area contributed by atoms with Crippen LogP contribution in [0.3, 0.4) is 0 Å². The molecule has 1 aliphatic rings. The molecule has 1 fully saturated rings. The maximum atomic E-state index is 13.1. The van der Waals surface area contributed by atoms with Crippen LogP contribution in [0.1, 0.15) is 12.0 Å². The lowest BCUT2D eigenvalue weighted by molar-refractivity contribution is -0.126. The Bertz CT molecular complexity index is 826. The van der Waals surface area contributed by atoms with E-state index >= 15 is 0 Å². The van der Waals surface area contributed by atoms with Crippen molar-refractivity contribution >= 4 is 29.1 Å². The van der Waals surface area contributed by atoms with Crippen LogP contribution in [0.2, 0.25) is 5.02 Å². The van der Waals surface area contributed by atoms with Gasteiger partial charge in [0.15, 0.2) is 0 Å². The summed E-state index contributed by atoms with van der Waals surface area (Å²) in [6.45, 7) is 0.499. The first-order valence-electron chi connectivity index (χ1n) is 8.14. The Morgan fingerprint density at radius 2 is 2.04 bits per heavy atom. The minimum Gasteiger partial charge on any atom is -0.497 e. The Balaban J connectivity index is 1.61. The smallest absolute Gasteiger partial charge is 0.227 e. The zero-order valence-corrected chi connectivity index (χ0v) is 14.9. The maximum absolute atomic E-state index is 13.1. The Morgan fingerprint density at radius 1 is 1.31 bits per heavy atom. The second-order valence-electron chi connectivity index (χ2n) is 6.06. The Kier molecular flexibility index (Phi) is 5.42. The summed E-state index contributed by atoms with van der Waals surface area (Å²) in [5, 5.41) is 3.02. The molecule has 1 saturated heterocycles. The van der Waals surface area contributed by atoms with Crippen LogP contribution in [-0.2, 0) is 16.1 Å². The van der Waals surface area contributed by atoms with Gasteiger partial charge in [-0.05, 0) is 42.0 Å². The normalized spacial score (nSPS) is 16.7. The van der Waals surface area contributed by atoms with Gasteiger partial charge in [0.25, 0.3) is 0 Å². The van der Waals surface area contributed by atoms with E-state index < -0.39 is 11.7 Å². The Labute approximate surface area is 155 Å². The number of carbonyl (C=O) groups is 2. The summed E-state index contributed by atoms with van der Waals surface area (Å²) < 4.78 is 18.2. The molecular formula is C19H18ClFN2O3. The molecule has 136 valence electrons. The monoisotopic (exact) mass is 376 g/mol. The number of amides is 2. The molecule has 0 spiro atoms. The lowest BCUT2D eigenvalue weighted by Gasteiger charge is -2.17. The van der Waals surface area contributed by atoms with E-state index in [0.717, 1.165) is 5.69 Å². The largest absolute Gasteiger partial charge is 0.497 e. The highest BCUT2D eigenvalue weighted by atomic mass is 35.5. The fourth-order valence-electron chi connectivity index (χ4n) is 2.89. The average molecular weight is 377 g/mol. The summed E-state index contributed by atoms with van der Waals surface area (Å²) >= 11 is 5.96. The number of hydrogen-bond acceptors (Lipinski definition) is 3. The lowest BCUT2D eigenvalue weighted by atomic mass is 10.1. The van der Waals surface area contributed by atoms with Gasteiger partial charge in [0.05, 0.1) is 13.0 Å². The minimum atomic E-state index is -0.441. The van der Waals surface area contributed by atoms with E-state index in [2.05, 4.69) is 5.32 Å². The van der Waals surface area contributed by atoms with Crippen molar-refractivity contribution in [2.75, 3.05) is 18.6 Å². The molecule has 0 bridgehead atoms. The molecule has 0 aromatic heterocycles. The number of benzene rings is 2. The molecule has 0 radical (unpaired) electrons. The summed E-state index contributed by atoms with van der Waals surface area (Å²) in [6, 6.07) is 11.1. The number of carbonyl (C=O) groups excluding carboxylic acids is 2. The van der Waals surface area contributed by atoms with Crippen molar-refractivity contribution in [3.05, 3.63) is 58.9 Å². The van der Waals surface area contributed by atoms with Crippen LogP contribution in [0.4, 0.5) is 10.1 Å². The summed E-state index contributed by atoms with van der Waals surface area (Å²) in [7, 11) is 1.57. The van der Waals surface area contributed by atoms with E-state index in [-0.39, 0.29) is 29.8 Å². The Morgan fingerprint density at radius 3 is 2.69 bits per heavy atom. The van der Waals surface area contributed by atoms with Crippen LogP contribution in [0, 0.1) is 11.7 Å². The topological polar surface area (TPSA) is 58.6 Å². The van der Waals surface area contributed by atoms with Crippen molar-refractivity contribution in [1.82, 2.24) is 5.32 Å². The van der Waals surface area contributed by atoms with Crippen LogP contribution in [0.15, 0.2) is 42.5 Å². The van der Waals surface area contributed by atoms with Crippen molar-refractivity contribution in [3.8, 4) is 5.75 Å². The molecule has 26 heavy (non-hydrogen) atoms.